The SMILES string of the molecule is Cl.Cn1c(C(=O)Nc2ccccc2CCc2ccc(OC3CCNCC3)cc2)cc2sccc21. The molecule has 2 N–H and O–H groups in total. The third-order valence-electron chi connectivity index (χ3n) is 6.36. The lowest BCUT2D eigenvalue weighted by atomic mass is 10.0. The van der Waals surface area contributed by atoms with Crippen molar-refractivity contribution in [3.63, 3.8) is 0 Å². The van der Waals surface area contributed by atoms with Crippen molar-refractivity contribution in [2.24, 2.45) is 7.05 Å². The highest BCUT2D eigenvalue weighted by Gasteiger charge is 2.16. The van der Waals surface area contributed by atoms with Gasteiger partial charge in [0.25, 0.3) is 5.91 Å². The van der Waals surface area contributed by atoms with Gasteiger partial charge in [-0.25, -0.2) is 0 Å². The first-order valence-electron chi connectivity index (χ1n) is 11.6. The number of carbonyl (C=O) groups is 1. The molecule has 0 unspecified atom stereocenters. The molecule has 5 rings (SSSR count). The Morgan fingerprint density at radius 2 is 1.85 bits per heavy atom. The van der Waals surface area contributed by atoms with Crippen molar-refractivity contribution in [2.75, 3.05) is 18.4 Å². The van der Waals surface area contributed by atoms with Crippen LogP contribution in [0.5, 0.6) is 5.75 Å². The minimum Gasteiger partial charge on any atom is -0.490 e. The van der Waals surface area contributed by atoms with Crippen molar-refractivity contribution < 1.29 is 9.53 Å². The maximum atomic E-state index is 13.0. The molecule has 4 aromatic rings. The Balaban J connectivity index is 0.00000274. The van der Waals surface area contributed by atoms with Crippen LogP contribution in [-0.4, -0.2) is 29.7 Å². The van der Waals surface area contributed by atoms with Crippen LogP contribution in [-0.2, 0) is 19.9 Å². The van der Waals surface area contributed by atoms with Crippen molar-refractivity contribution in [1.29, 1.82) is 0 Å². The number of ether oxygens (including phenoxy) is 1. The number of piperidine rings is 1. The molecule has 1 amide bonds. The van der Waals surface area contributed by atoms with Crippen LogP contribution in [0.2, 0.25) is 0 Å². The lowest BCUT2D eigenvalue weighted by Gasteiger charge is -2.23. The molecule has 2 aromatic heterocycles. The van der Waals surface area contributed by atoms with E-state index in [0.29, 0.717) is 11.8 Å². The number of fused-ring (bicyclic) bond motifs is 1. The molecule has 0 bridgehead atoms. The van der Waals surface area contributed by atoms with E-state index in [2.05, 4.69) is 41.0 Å². The van der Waals surface area contributed by atoms with Gasteiger partial charge in [-0.2, -0.15) is 0 Å². The number of thiophene rings is 1. The average Bonchev–Trinajstić information content (AvgIpc) is 3.43. The van der Waals surface area contributed by atoms with E-state index in [9.17, 15) is 4.79 Å². The van der Waals surface area contributed by atoms with E-state index in [0.717, 1.165) is 66.0 Å². The maximum Gasteiger partial charge on any atom is 0.272 e. The number of anilines is 1. The van der Waals surface area contributed by atoms with E-state index in [1.165, 1.54) is 5.56 Å². The van der Waals surface area contributed by atoms with Crippen molar-refractivity contribution >= 4 is 45.6 Å². The summed E-state index contributed by atoms with van der Waals surface area (Å²) >= 11 is 1.65. The molecule has 2 aromatic carbocycles. The summed E-state index contributed by atoms with van der Waals surface area (Å²) in [4.78, 5) is 13.0. The Morgan fingerprint density at radius 1 is 1.09 bits per heavy atom. The number of para-hydroxylation sites is 1. The molecule has 1 saturated heterocycles. The summed E-state index contributed by atoms with van der Waals surface area (Å²) in [6.45, 7) is 2.06. The number of hydrogen-bond acceptors (Lipinski definition) is 4. The van der Waals surface area contributed by atoms with Crippen molar-refractivity contribution in [2.45, 2.75) is 31.8 Å². The van der Waals surface area contributed by atoms with Gasteiger partial charge in [0.05, 0.1) is 10.2 Å². The van der Waals surface area contributed by atoms with Gasteiger partial charge in [0.15, 0.2) is 0 Å². The van der Waals surface area contributed by atoms with Crippen molar-refractivity contribution in [3.8, 4) is 5.75 Å². The van der Waals surface area contributed by atoms with E-state index in [4.69, 9.17) is 4.74 Å². The fourth-order valence-corrected chi connectivity index (χ4v) is 5.28. The second kappa shape index (κ2) is 11.1. The van der Waals surface area contributed by atoms with Crippen LogP contribution < -0.4 is 15.4 Å². The molecule has 34 heavy (non-hydrogen) atoms. The standard InChI is InChI=1S/C27H29N3O2S.ClH/c1-30-24-14-17-33-26(24)18-25(30)27(31)29-23-5-3-2-4-20(23)9-6-19-7-10-21(11-8-19)32-22-12-15-28-16-13-22;/h2-5,7-8,10-11,14,17-18,22,28H,6,9,12-13,15-16H2,1H3,(H,29,31);1H. The van der Waals surface area contributed by atoms with E-state index in [1.807, 2.05) is 47.3 Å². The van der Waals surface area contributed by atoms with Crippen LogP contribution >= 0.6 is 23.7 Å². The molecule has 0 saturated carbocycles. The zero-order chi connectivity index (χ0) is 22.6. The molecular formula is C27H30ClN3O2S. The normalized spacial score (nSPS) is 14.0. The highest BCUT2D eigenvalue weighted by Crippen LogP contribution is 2.26. The summed E-state index contributed by atoms with van der Waals surface area (Å²) in [6, 6.07) is 20.5. The van der Waals surface area contributed by atoms with Crippen LogP contribution in [0.3, 0.4) is 0 Å². The predicted molar refractivity (Wildman–Crippen MR) is 143 cm³/mol. The van der Waals surface area contributed by atoms with Gasteiger partial charge < -0.3 is 19.9 Å². The zero-order valence-corrected chi connectivity index (χ0v) is 20.9. The van der Waals surface area contributed by atoms with Gasteiger partial charge in [-0.05, 0) is 85.6 Å². The largest absolute Gasteiger partial charge is 0.490 e. The summed E-state index contributed by atoms with van der Waals surface area (Å²) in [7, 11) is 1.94. The fraction of sp³-hybridized carbons (Fsp3) is 0.296. The predicted octanol–water partition coefficient (Wildman–Crippen LogP) is 5.83. The molecule has 5 nitrogen and oxygen atoms in total. The second-order valence-electron chi connectivity index (χ2n) is 8.58. The number of aromatic nitrogens is 1. The smallest absolute Gasteiger partial charge is 0.272 e. The van der Waals surface area contributed by atoms with E-state index < -0.39 is 0 Å². The molecule has 178 valence electrons. The van der Waals surface area contributed by atoms with Gasteiger partial charge in [0.1, 0.15) is 17.5 Å². The first-order valence-corrected chi connectivity index (χ1v) is 12.4. The first-order chi connectivity index (χ1) is 16.2. The molecule has 1 aliphatic heterocycles. The summed E-state index contributed by atoms with van der Waals surface area (Å²) < 4.78 is 9.20. The van der Waals surface area contributed by atoms with Crippen LogP contribution in [0, 0.1) is 0 Å². The third kappa shape index (κ3) is 5.46. The summed E-state index contributed by atoms with van der Waals surface area (Å²) in [5.41, 5.74) is 5.04. The molecule has 0 spiro atoms. The number of hydrogen-bond donors (Lipinski definition) is 2. The van der Waals surface area contributed by atoms with E-state index in [-0.39, 0.29) is 18.3 Å². The van der Waals surface area contributed by atoms with Gasteiger partial charge in [-0.15, -0.1) is 23.7 Å². The summed E-state index contributed by atoms with van der Waals surface area (Å²) in [5.74, 6) is 0.869. The number of nitrogens with one attached hydrogen (secondary N) is 2. The molecule has 1 aliphatic rings. The number of nitrogens with zero attached hydrogens (tertiary/aromatic N) is 1. The topological polar surface area (TPSA) is 55.3 Å². The van der Waals surface area contributed by atoms with Gasteiger partial charge in [-0.3, -0.25) is 4.79 Å². The Labute approximate surface area is 210 Å². The molecular weight excluding hydrogens is 466 g/mol. The zero-order valence-electron chi connectivity index (χ0n) is 19.3. The Morgan fingerprint density at radius 3 is 2.62 bits per heavy atom. The maximum absolute atomic E-state index is 13.0. The lowest BCUT2D eigenvalue weighted by Crippen LogP contribution is -2.34. The number of aryl methyl sites for hydroxylation is 3. The highest BCUT2D eigenvalue weighted by molar-refractivity contribution is 7.17. The van der Waals surface area contributed by atoms with Crippen molar-refractivity contribution in [1.82, 2.24) is 9.88 Å². The number of carbonyl (C=O) groups excluding carboxylic acids is 1. The molecule has 3 heterocycles. The van der Waals surface area contributed by atoms with Crippen LogP contribution in [0.25, 0.3) is 10.2 Å². The highest BCUT2D eigenvalue weighted by atomic mass is 35.5. The van der Waals surface area contributed by atoms with Gasteiger partial charge in [0, 0.05) is 12.7 Å². The van der Waals surface area contributed by atoms with Gasteiger partial charge in [0.2, 0.25) is 0 Å². The minimum atomic E-state index is -0.0761. The lowest BCUT2D eigenvalue weighted by molar-refractivity contribution is 0.101. The molecule has 0 aliphatic carbocycles. The minimum absolute atomic E-state index is 0. The molecule has 7 heteroatoms. The summed E-state index contributed by atoms with van der Waals surface area (Å²) in [6.07, 6.45) is 4.19. The number of rotatable bonds is 7. The van der Waals surface area contributed by atoms with Crippen molar-refractivity contribution in [3.05, 3.63) is 82.9 Å². The van der Waals surface area contributed by atoms with Crippen LogP contribution in [0.1, 0.15) is 34.5 Å². The van der Waals surface area contributed by atoms with Gasteiger partial charge in [-0.1, -0.05) is 30.3 Å². The number of benzene rings is 2. The Kier molecular flexibility index (Phi) is 7.93. The second-order valence-corrected chi connectivity index (χ2v) is 9.53. The van der Waals surface area contributed by atoms with Crippen LogP contribution in [0.4, 0.5) is 5.69 Å². The quantitative estimate of drug-likeness (QED) is 0.339. The third-order valence-corrected chi connectivity index (χ3v) is 7.21. The average molecular weight is 496 g/mol. The number of halogens is 1. The molecule has 0 atom stereocenters. The number of amides is 1. The summed E-state index contributed by atoms with van der Waals surface area (Å²) in [5, 5.41) is 8.55. The first kappa shape index (κ1) is 24.3. The van der Waals surface area contributed by atoms with Gasteiger partial charge >= 0.3 is 0 Å². The Hall–Kier alpha value is -2.80. The van der Waals surface area contributed by atoms with E-state index >= 15 is 0 Å². The fourth-order valence-electron chi connectivity index (χ4n) is 4.43. The van der Waals surface area contributed by atoms with E-state index in [1.54, 1.807) is 11.3 Å². The monoisotopic (exact) mass is 495 g/mol. The molecule has 0 radical (unpaired) electrons. The van der Waals surface area contributed by atoms with Crippen LogP contribution in [0.15, 0.2) is 66.0 Å². The molecule has 1 fully saturated rings. The Bertz CT molecular complexity index is 1240.